The number of allylic oxidation sites excluding steroid dienone is 1. The average molecular weight is 720 g/mol. The van der Waals surface area contributed by atoms with E-state index in [1.54, 1.807) is 6.08 Å². The molecule has 1 amide bonds. The number of hydrogen-bond donors (Lipinski definition) is 3. The van der Waals surface area contributed by atoms with Crippen LogP contribution in [-0.2, 0) is 4.79 Å². The Balaban J connectivity index is 3.50. The topological polar surface area (TPSA) is 69.6 Å². The van der Waals surface area contributed by atoms with Crippen LogP contribution in [0.3, 0.4) is 0 Å². The van der Waals surface area contributed by atoms with E-state index in [1.165, 1.54) is 218 Å². The molecule has 0 aliphatic carbocycles. The molecule has 0 aromatic rings. The lowest BCUT2D eigenvalue weighted by Gasteiger charge is -2.20. The third-order valence-electron chi connectivity index (χ3n) is 11.0. The Morgan fingerprint density at radius 1 is 0.451 bits per heavy atom. The number of hydrogen-bond acceptors (Lipinski definition) is 3. The van der Waals surface area contributed by atoms with Crippen LogP contribution in [0.2, 0.25) is 0 Å². The fourth-order valence-electron chi connectivity index (χ4n) is 7.42. The largest absolute Gasteiger partial charge is 0.394 e. The Labute approximate surface area is 320 Å². The van der Waals surface area contributed by atoms with E-state index in [2.05, 4.69) is 19.2 Å². The van der Waals surface area contributed by atoms with Gasteiger partial charge in [0.2, 0.25) is 5.91 Å². The predicted octanol–water partition coefficient (Wildman–Crippen LogP) is 14.6. The number of carbonyl (C=O) groups is 1. The summed E-state index contributed by atoms with van der Waals surface area (Å²) in [5, 5.41) is 23.1. The van der Waals surface area contributed by atoms with Gasteiger partial charge in [-0.1, -0.05) is 251 Å². The summed E-state index contributed by atoms with van der Waals surface area (Å²) in [6.07, 6.45) is 54.7. The second-order valence-corrected chi connectivity index (χ2v) is 16.2. The van der Waals surface area contributed by atoms with Crippen LogP contribution in [-0.4, -0.2) is 34.9 Å². The van der Waals surface area contributed by atoms with E-state index in [4.69, 9.17) is 0 Å². The van der Waals surface area contributed by atoms with Crippen molar-refractivity contribution in [3.05, 3.63) is 12.2 Å². The van der Waals surface area contributed by atoms with E-state index < -0.39 is 12.1 Å². The van der Waals surface area contributed by atoms with Crippen LogP contribution >= 0.6 is 0 Å². The number of rotatable bonds is 43. The lowest BCUT2D eigenvalue weighted by Crippen LogP contribution is -2.45. The molecule has 304 valence electrons. The summed E-state index contributed by atoms with van der Waals surface area (Å²) >= 11 is 0. The molecule has 0 saturated heterocycles. The Hall–Kier alpha value is -0.870. The van der Waals surface area contributed by atoms with Crippen molar-refractivity contribution in [1.29, 1.82) is 0 Å². The molecule has 0 aliphatic heterocycles. The number of aliphatic hydroxyl groups is 2. The maximum absolute atomic E-state index is 12.4. The Morgan fingerprint density at radius 2 is 0.725 bits per heavy atom. The van der Waals surface area contributed by atoms with Gasteiger partial charge in [-0.3, -0.25) is 4.79 Å². The highest BCUT2D eigenvalue weighted by Crippen LogP contribution is 2.17. The van der Waals surface area contributed by atoms with E-state index in [0.717, 1.165) is 25.7 Å². The minimum atomic E-state index is -0.834. The summed E-state index contributed by atoms with van der Waals surface area (Å²) < 4.78 is 0. The van der Waals surface area contributed by atoms with Crippen LogP contribution in [0.1, 0.15) is 264 Å². The van der Waals surface area contributed by atoms with E-state index in [1.807, 2.05) is 6.08 Å². The van der Waals surface area contributed by atoms with Crippen LogP contribution in [0.5, 0.6) is 0 Å². The number of amides is 1. The van der Waals surface area contributed by atoms with Gasteiger partial charge in [0.15, 0.2) is 0 Å². The first-order valence-corrected chi connectivity index (χ1v) is 23.4. The van der Waals surface area contributed by atoms with Gasteiger partial charge in [-0.05, 0) is 19.3 Å². The van der Waals surface area contributed by atoms with Crippen LogP contribution in [0.25, 0.3) is 0 Å². The molecule has 2 unspecified atom stereocenters. The van der Waals surface area contributed by atoms with E-state index in [-0.39, 0.29) is 12.5 Å². The molecule has 4 nitrogen and oxygen atoms in total. The van der Waals surface area contributed by atoms with Crippen molar-refractivity contribution in [2.45, 2.75) is 276 Å². The van der Waals surface area contributed by atoms with Crippen LogP contribution in [0.4, 0.5) is 0 Å². The number of aliphatic hydroxyl groups excluding tert-OH is 2. The predicted molar refractivity (Wildman–Crippen MR) is 226 cm³/mol. The van der Waals surface area contributed by atoms with Crippen molar-refractivity contribution in [2.75, 3.05) is 6.61 Å². The molecular weight excluding hydrogens is 627 g/mol. The molecule has 4 heteroatoms. The maximum atomic E-state index is 12.4. The summed E-state index contributed by atoms with van der Waals surface area (Å²) in [4.78, 5) is 12.4. The zero-order valence-electron chi connectivity index (χ0n) is 34.9. The molecule has 0 bridgehead atoms. The molecule has 0 saturated carbocycles. The zero-order valence-corrected chi connectivity index (χ0v) is 34.9. The minimum absolute atomic E-state index is 0.0591. The standard InChI is InChI=1S/C47H93NO3/c1-3-5-7-9-11-13-15-17-19-21-22-23-24-25-26-27-28-30-32-34-36-38-40-42-46(50)45(44-49)48-47(51)43-41-39-37-35-33-31-29-20-18-16-14-12-10-8-6-4-2/h40,42,45-46,49-50H,3-39,41,43-44H2,1-2H3,(H,48,51)/b42-40+. The third kappa shape index (κ3) is 40.2. The molecule has 3 N–H and O–H groups in total. The Kier molecular flexibility index (Phi) is 42.8. The van der Waals surface area contributed by atoms with Crippen molar-refractivity contribution < 1.29 is 15.0 Å². The summed E-state index contributed by atoms with van der Waals surface area (Å²) in [6, 6.07) is -0.616. The average Bonchev–Trinajstić information content (AvgIpc) is 3.13. The van der Waals surface area contributed by atoms with Crippen LogP contribution < -0.4 is 5.32 Å². The first-order valence-electron chi connectivity index (χ1n) is 23.4. The van der Waals surface area contributed by atoms with E-state index in [0.29, 0.717) is 6.42 Å². The van der Waals surface area contributed by atoms with Gasteiger partial charge in [0.1, 0.15) is 0 Å². The molecule has 0 radical (unpaired) electrons. The smallest absolute Gasteiger partial charge is 0.220 e. The monoisotopic (exact) mass is 720 g/mol. The Morgan fingerprint density at radius 3 is 1.02 bits per heavy atom. The third-order valence-corrected chi connectivity index (χ3v) is 11.0. The van der Waals surface area contributed by atoms with Crippen molar-refractivity contribution >= 4 is 5.91 Å². The summed E-state index contributed by atoms with van der Waals surface area (Å²) in [6.45, 7) is 4.33. The highest BCUT2D eigenvalue weighted by atomic mass is 16.3. The number of nitrogens with one attached hydrogen (secondary N) is 1. The van der Waals surface area contributed by atoms with Gasteiger partial charge in [0.05, 0.1) is 18.8 Å². The first kappa shape index (κ1) is 50.1. The summed E-state index contributed by atoms with van der Waals surface area (Å²) in [7, 11) is 0. The minimum Gasteiger partial charge on any atom is -0.394 e. The SMILES string of the molecule is CCCCCCCCCCCCCCCCCCCCCCC/C=C/C(O)C(CO)NC(=O)CCCCCCCCCCCCCCCCCC. The highest BCUT2D eigenvalue weighted by Gasteiger charge is 2.18. The van der Waals surface area contributed by atoms with Gasteiger partial charge < -0.3 is 15.5 Å². The summed E-state index contributed by atoms with van der Waals surface area (Å²) in [5.74, 6) is -0.0591. The van der Waals surface area contributed by atoms with Crippen molar-refractivity contribution in [3.8, 4) is 0 Å². The van der Waals surface area contributed by atoms with Gasteiger partial charge in [0.25, 0.3) is 0 Å². The second-order valence-electron chi connectivity index (χ2n) is 16.2. The molecular formula is C47H93NO3. The maximum Gasteiger partial charge on any atom is 0.220 e. The van der Waals surface area contributed by atoms with Gasteiger partial charge in [-0.15, -0.1) is 0 Å². The fraction of sp³-hybridized carbons (Fsp3) is 0.936. The van der Waals surface area contributed by atoms with Crippen molar-refractivity contribution in [1.82, 2.24) is 5.32 Å². The van der Waals surface area contributed by atoms with Gasteiger partial charge in [-0.25, -0.2) is 0 Å². The zero-order chi connectivity index (χ0) is 37.1. The number of unbranched alkanes of at least 4 members (excludes halogenated alkanes) is 36. The number of carbonyl (C=O) groups excluding carboxylic acids is 1. The first-order chi connectivity index (χ1) is 25.2. The molecule has 0 fully saturated rings. The van der Waals surface area contributed by atoms with Crippen LogP contribution in [0.15, 0.2) is 12.2 Å². The summed E-state index contributed by atoms with van der Waals surface area (Å²) in [5.41, 5.74) is 0. The lowest BCUT2D eigenvalue weighted by molar-refractivity contribution is -0.123. The van der Waals surface area contributed by atoms with Gasteiger partial charge >= 0.3 is 0 Å². The molecule has 0 heterocycles. The van der Waals surface area contributed by atoms with Gasteiger partial charge in [0, 0.05) is 6.42 Å². The van der Waals surface area contributed by atoms with E-state index in [9.17, 15) is 15.0 Å². The molecule has 0 aliphatic rings. The second kappa shape index (κ2) is 43.5. The van der Waals surface area contributed by atoms with Crippen LogP contribution in [0, 0.1) is 0 Å². The normalized spacial score (nSPS) is 12.9. The quantitative estimate of drug-likeness (QED) is 0.0434. The highest BCUT2D eigenvalue weighted by molar-refractivity contribution is 5.76. The molecule has 0 rings (SSSR count). The molecule has 0 spiro atoms. The molecule has 51 heavy (non-hydrogen) atoms. The molecule has 0 aromatic heterocycles. The van der Waals surface area contributed by atoms with Crippen molar-refractivity contribution in [3.63, 3.8) is 0 Å². The fourth-order valence-corrected chi connectivity index (χ4v) is 7.42. The van der Waals surface area contributed by atoms with Crippen molar-refractivity contribution in [2.24, 2.45) is 0 Å². The van der Waals surface area contributed by atoms with Gasteiger partial charge in [-0.2, -0.15) is 0 Å². The molecule has 0 aromatic carbocycles. The Bertz CT molecular complexity index is 695. The van der Waals surface area contributed by atoms with E-state index >= 15 is 0 Å². The molecule has 2 atom stereocenters. The lowest BCUT2D eigenvalue weighted by atomic mass is 10.0.